The molecule has 0 aliphatic heterocycles. The van der Waals surface area contributed by atoms with Gasteiger partial charge < -0.3 is 15.8 Å². The lowest BCUT2D eigenvalue weighted by atomic mass is 10.1. The molecule has 4 nitrogen and oxygen atoms in total. The van der Waals surface area contributed by atoms with E-state index in [1.807, 2.05) is 18.2 Å². The van der Waals surface area contributed by atoms with Gasteiger partial charge in [-0.2, -0.15) is 0 Å². The highest BCUT2D eigenvalue weighted by molar-refractivity contribution is 5.76. The van der Waals surface area contributed by atoms with Gasteiger partial charge in [0.2, 0.25) is 5.91 Å². The van der Waals surface area contributed by atoms with Crippen LogP contribution in [0.25, 0.3) is 0 Å². The molecule has 98 valence electrons. The van der Waals surface area contributed by atoms with Gasteiger partial charge in [-0.05, 0) is 24.0 Å². The zero-order chi connectivity index (χ0) is 13.0. The van der Waals surface area contributed by atoms with Crippen LogP contribution in [-0.4, -0.2) is 25.7 Å². The number of rotatable bonds is 5. The summed E-state index contributed by atoms with van der Waals surface area (Å²) in [6.07, 6.45) is 2.06. The van der Waals surface area contributed by atoms with Crippen LogP contribution in [0.5, 0.6) is 0 Å². The predicted octanol–water partition coefficient (Wildman–Crippen LogP) is 1.15. The molecule has 0 spiro atoms. The third-order valence-corrected chi connectivity index (χ3v) is 3.34. The van der Waals surface area contributed by atoms with Crippen molar-refractivity contribution in [2.24, 2.45) is 5.73 Å². The Morgan fingerprint density at radius 2 is 2.28 bits per heavy atom. The van der Waals surface area contributed by atoms with Crippen molar-refractivity contribution in [1.82, 2.24) is 5.32 Å². The van der Waals surface area contributed by atoms with E-state index in [1.54, 1.807) is 7.11 Å². The number of nitrogens with two attached hydrogens (primary N) is 1. The molecular formula is C14H20N2O2. The Bertz CT molecular complexity index is 420. The topological polar surface area (TPSA) is 64.3 Å². The number of ether oxygens (including phenoxy) is 1. The molecule has 4 heteroatoms. The summed E-state index contributed by atoms with van der Waals surface area (Å²) in [5.41, 5.74) is 8.49. The van der Waals surface area contributed by atoms with Gasteiger partial charge in [-0.25, -0.2) is 0 Å². The highest BCUT2D eigenvalue weighted by Gasteiger charge is 2.30. The number of hydrogen-bond donors (Lipinski definition) is 2. The van der Waals surface area contributed by atoms with Crippen molar-refractivity contribution < 1.29 is 9.53 Å². The number of fused-ring (bicyclic) bond motifs is 1. The summed E-state index contributed by atoms with van der Waals surface area (Å²) in [6.45, 7) is 0.612. The highest BCUT2D eigenvalue weighted by atomic mass is 16.5. The Morgan fingerprint density at radius 3 is 3.06 bits per heavy atom. The third kappa shape index (κ3) is 2.89. The Balaban J connectivity index is 1.95. The van der Waals surface area contributed by atoms with Crippen LogP contribution in [0.4, 0.5) is 0 Å². The molecule has 0 bridgehead atoms. The monoisotopic (exact) mass is 248 g/mol. The Labute approximate surface area is 108 Å². The van der Waals surface area contributed by atoms with Gasteiger partial charge in [-0.1, -0.05) is 24.3 Å². The number of nitrogens with one attached hydrogen (secondary N) is 1. The fraction of sp³-hybridized carbons (Fsp3) is 0.500. The second kappa shape index (κ2) is 5.98. The summed E-state index contributed by atoms with van der Waals surface area (Å²) in [6, 6.07) is 8.05. The zero-order valence-electron chi connectivity index (χ0n) is 10.7. The predicted molar refractivity (Wildman–Crippen MR) is 70.1 cm³/mol. The molecule has 1 aliphatic rings. The van der Waals surface area contributed by atoms with E-state index in [4.69, 9.17) is 10.5 Å². The van der Waals surface area contributed by atoms with Gasteiger partial charge in [0, 0.05) is 26.2 Å². The van der Waals surface area contributed by atoms with Crippen molar-refractivity contribution in [2.45, 2.75) is 31.3 Å². The third-order valence-electron chi connectivity index (χ3n) is 3.34. The van der Waals surface area contributed by atoms with E-state index in [-0.39, 0.29) is 18.0 Å². The number of benzene rings is 1. The van der Waals surface area contributed by atoms with Gasteiger partial charge in [0.25, 0.3) is 0 Å². The second-order valence-electron chi connectivity index (χ2n) is 4.71. The van der Waals surface area contributed by atoms with Crippen molar-refractivity contribution in [1.29, 1.82) is 0 Å². The van der Waals surface area contributed by atoms with Gasteiger partial charge >= 0.3 is 0 Å². The first-order chi connectivity index (χ1) is 8.72. The lowest BCUT2D eigenvalue weighted by Gasteiger charge is -2.18. The van der Waals surface area contributed by atoms with Crippen molar-refractivity contribution in [3.63, 3.8) is 0 Å². The van der Waals surface area contributed by atoms with E-state index in [0.717, 1.165) is 18.4 Å². The van der Waals surface area contributed by atoms with Crippen LogP contribution in [-0.2, 0) is 16.0 Å². The molecule has 1 aliphatic carbocycles. The van der Waals surface area contributed by atoms with Gasteiger partial charge in [0.15, 0.2) is 0 Å². The van der Waals surface area contributed by atoms with Gasteiger partial charge in [-0.3, -0.25) is 4.79 Å². The van der Waals surface area contributed by atoms with Crippen LogP contribution in [0.2, 0.25) is 0 Å². The summed E-state index contributed by atoms with van der Waals surface area (Å²) in [4.78, 5) is 11.8. The van der Waals surface area contributed by atoms with Crippen molar-refractivity contribution in [3.8, 4) is 0 Å². The van der Waals surface area contributed by atoms with Crippen LogP contribution in [0.15, 0.2) is 24.3 Å². The molecule has 2 atom stereocenters. The Morgan fingerprint density at radius 1 is 1.50 bits per heavy atom. The molecule has 0 heterocycles. The van der Waals surface area contributed by atoms with E-state index < -0.39 is 0 Å². The fourth-order valence-electron chi connectivity index (χ4n) is 2.43. The smallest absolute Gasteiger partial charge is 0.220 e. The molecule has 0 fully saturated rings. The van der Waals surface area contributed by atoms with Crippen LogP contribution >= 0.6 is 0 Å². The summed E-state index contributed by atoms with van der Waals surface area (Å²) in [7, 11) is 1.64. The lowest BCUT2D eigenvalue weighted by Crippen LogP contribution is -2.38. The highest BCUT2D eigenvalue weighted by Crippen LogP contribution is 2.30. The molecule has 1 aromatic rings. The van der Waals surface area contributed by atoms with Crippen molar-refractivity contribution >= 4 is 5.91 Å². The summed E-state index contributed by atoms with van der Waals surface area (Å²) in [5.74, 6) is 0.0456. The summed E-state index contributed by atoms with van der Waals surface area (Å²) in [5, 5.41) is 3.02. The largest absolute Gasteiger partial charge is 0.385 e. The van der Waals surface area contributed by atoms with E-state index >= 15 is 0 Å². The van der Waals surface area contributed by atoms with E-state index in [1.165, 1.54) is 5.56 Å². The van der Waals surface area contributed by atoms with Gasteiger partial charge in [-0.15, -0.1) is 0 Å². The maximum absolute atomic E-state index is 11.8. The van der Waals surface area contributed by atoms with E-state index in [9.17, 15) is 4.79 Å². The minimum Gasteiger partial charge on any atom is -0.385 e. The zero-order valence-corrected chi connectivity index (χ0v) is 10.7. The maximum atomic E-state index is 11.8. The molecule has 0 radical (unpaired) electrons. The molecule has 2 unspecified atom stereocenters. The first kappa shape index (κ1) is 13.1. The van der Waals surface area contributed by atoms with Crippen LogP contribution in [0.1, 0.15) is 30.0 Å². The maximum Gasteiger partial charge on any atom is 0.220 e. The summed E-state index contributed by atoms with van der Waals surface area (Å²) >= 11 is 0. The number of carbonyl (C=O) groups excluding carboxylic acids is 1. The molecule has 2 rings (SSSR count). The molecule has 0 saturated carbocycles. The normalized spacial score (nSPS) is 21.7. The summed E-state index contributed by atoms with van der Waals surface area (Å²) < 4.78 is 4.93. The lowest BCUT2D eigenvalue weighted by molar-refractivity contribution is -0.122. The minimum atomic E-state index is -0.0451. The van der Waals surface area contributed by atoms with E-state index in [2.05, 4.69) is 11.4 Å². The van der Waals surface area contributed by atoms with Crippen molar-refractivity contribution in [2.75, 3.05) is 13.7 Å². The Kier molecular flexibility index (Phi) is 4.33. The molecule has 18 heavy (non-hydrogen) atoms. The number of carbonyl (C=O) groups is 1. The standard InChI is InChI=1S/C14H20N2O2/c1-18-8-4-7-13(17)16-14-11-6-3-2-5-10(11)9-12(14)15/h2-3,5-6,12,14H,4,7-9,15H2,1H3,(H,16,17). The fourth-order valence-corrected chi connectivity index (χ4v) is 2.43. The molecule has 1 amide bonds. The molecule has 0 aromatic heterocycles. The van der Waals surface area contributed by atoms with Crippen molar-refractivity contribution in [3.05, 3.63) is 35.4 Å². The van der Waals surface area contributed by atoms with Crippen LogP contribution < -0.4 is 11.1 Å². The number of hydrogen-bond acceptors (Lipinski definition) is 3. The average Bonchev–Trinajstić information content (AvgIpc) is 2.67. The number of methoxy groups -OCH3 is 1. The molecule has 3 N–H and O–H groups in total. The van der Waals surface area contributed by atoms with Crippen LogP contribution in [0, 0.1) is 0 Å². The second-order valence-corrected chi connectivity index (χ2v) is 4.71. The van der Waals surface area contributed by atoms with Gasteiger partial charge in [0.05, 0.1) is 6.04 Å². The SMILES string of the molecule is COCCCC(=O)NC1c2ccccc2CC1N. The van der Waals surface area contributed by atoms with E-state index in [0.29, 0.717) is 13.0 Å². The minimum absolute atomic E-state index is 0.0197. The average molecular weight is 248 g/mol. The first-order valence-corrected chi connectivity index (χ1v) is 6.34. The molecule has 1 aromatic carbocycles. The van der Waals surface area contributed by atoms with Crippen LogP contribution in [0.3, 0.4) is 0 Å². The number of amides is 1. The quantitative estimate of drug-likeness (QED) is 0.768. The first-order valence-electron chi connectivity index (χ1n) is 6.34. The molecule has 0 saturated heterocycles. The van der Waals surface area contributed by atoms with Gasteiger partial charge in [0.1, 0.15) is 0 Å². The molecular weight excluding hydrogens is 228 g/mol. The Hall–Kier alpha value is -1.39.